The van der Waals surface area contributed by atoms with Crippen LogP contribution in [-0.2, 0) is 16.1 Å². The largest absolute Gasteiger partial charge is 0.374 e. The van der Waals surface area contributed by atoms with E-state index in [0.717, 1.165) is 5.56 Å². The molecular weight excluding hydrogens is 334 g/mol. The van der Waals surface area contributed by atoms with Crippen molar-refractivity contribution in [2.24, 2.45) is 5.73 Å². The number of nitrogens with two attached hydrogens (primary N) is 1. The molecule has 0 heterocycles. The van der Waals surface area contributed by atoms with Crippen LogP contribution in [0, 0.1) is 11.3 Å². The summed E-state index contributed by atoms with van der Waals surface area (Å²) < 4.78 is 5.65. The van der Waals surface area contributed by atoms with Gasteiger partial charge in [0.05, 0.1) is 19.3 Å². The van der Waals surface area contributed by atoms with Crippen molar-refractivity contribution in [3.63, 3.8) is 0 Å². The molecule has 2 amide bonds. The number of nitriles is 1. The zero-order valence-electron chi connectivity index (χ0n) is 15.2. The maximum Gasteiger partial charge on any atom is 0.221 e. The molecule has 1 aromatic rings. The Hall–Kier alpha value is -2.17. The summed E-state index contributed by atoms with van der Waals surface area (Å²) in [7, 11) is -2.24. The van der Waals surface area contributed by atoms with E-state index in [2.05, 4.69) is 11.4 Å². The second kappa shape index (κ2) is 9.35. The van der Waals surface area contributed by atoms with E-state index in [1.54, 1.807) is 0 Å². The fourth-order valence-electron chi connectivity index (χ4n) is 2.16. The average Bonchev–Trinajstić information content (AvgIpc) is 2.60. The highest BCUT2D eigenvalue weighted by Gasteiger charge is 2.33. The Morgan fingerprint density at radius 2 is 1.96 bits per heavy atom. The van der Waals surface area contributed by atoms with Gasteiger partial charge in [-0.3, -0.25) is 9.59 Å². The van der Waals surface area contributed by atoms with Crippen LogP contribution in [0.1, 0.15) is 25.3 Å². The molecule has 0 aliphatic carbocycles. The Labute approximate surface area is 150 Å². The van der Waals surface area contributed by atoms with Crippen LogP contribution in [0.3, 0.4) is 0 Å². The molecule has 1 rings (SSSR count). The Morgan fingerprint density at radius 3 is 2.48 bits per heavy atom. The Kier molecular flexibility index (Phi) is 7.80. The van der Waals surface area contributed by atoms with Crippen molar-refractivity contribution in [2.45, 2.75) is 51.0 Å². The lowest BCUT2D eigenvalue weighted by atomic mass is 9.99. The lowest BCUT2D eigenvalue weighted by Gasteiger charge is -2.27. The van der Waals surface area contributed by atoms with Gasteiger partial charge >= 0.3 is 0 Å². The molecule has 0 aliphatic heterocycles. The number of carbonyl (C=O) groups is 2. The van der Waals surface area contributed by atoms with Crippen molar-refractivity contribution < 1.29 is 14.3 Å². The molecule has 0 saturated heterocycles. The number of rotatable bonds is 10. The fourth-order valence-corrected chi connectivity index (χ4v) is 3.26. The number of hydrogen-bond acceptors (Lipinski definition) is 4. The van der Waals surface area contributed by atoms with Crippen molar-refractivity contribution >= 4 is 19.5 Å². The zero-order chi connectivity index (χ0) is 18.9. The summed E-state index contributed by atoms with van der Waals surface area (Å²) >= 11 is 0. The van der Waals surface area contributed by atoms with E-state index in [4.69, 9.17) is 10.5 Å². The van der Waals surface area contributed by atoms with Gasteiger partial charge < -0.3 is 15.8 Å². The first-order valence-corrected chi connectivity index (χ1v) is 11.6. The molecule has 6 nitrogen and oxygen atoms in total. The van der Waals surface area contributed by atoms with E-state index in [1.807, 2.05) is 50.3 Å². The smallest absolute Gasteiger partial charge is 0.221 e. The van der Waals surface area contributed by atoms with Gasteiger partial charge in [-0.05, 0) is 18.0 Å². The number of hydrogen-bond donors (Lipinski definition) is 2. The van der Waals surface area contributed by atoms with Crippen LogP contribution >= 0.6 is 0 Å². The number of carbonyl (C=O) groups excluding carboxylic acids is 2. The van der Waals surface area contributed by atoms with Crippen LogP contribution in [0.5, 0.6) is 0 Å². The monoisotopic (exact) mass is 361 g/mol. The summed E-state index contributed by atoms with van der Waals surface area (Å²) in [6, 6.07) is 12.3. The molecule has 1 aromatic carbocycles. The lowest BCUT2D eigenvalue weighted by Crippen LogP contribution is -2.51. The van der Waals surface area contributed by atoms with E-state index in [9.17, 15) is 14.9 Å². The molecule has 0 saturated carbocycles. The molecule has 136 valence electrons. The molecule has 0 spiro atoms. The number of nitrogens with zero attached hydrogens (tertiary/aromatic N) is 1. The highest BCUT2D eigenvalue weighted by atomic mass is 28.3. The van der Waals surface area contributed by atoms with Crippen LogP contribution in [0.25, 0.3) is 0 Å². The summed E-state index contributed by atoms with van der Waals surface area (Å²) in [5, 5.41) is 12.3. The maximum absolute atomic E-state index is 12.2. The highest BCUT2D eigenvalue weighted by Crippen LogP contribution is 2.15. The molecule has 1 atom stereocenters. The predicted octanol–water partition coefficient (Wildman–Crippen LogP) is 2.75. The van der Waals surface area contributed by atoms with E-state index in [1.165, 1.54) is 0 Å². The van der Waals surface area contributed by atoms with Crippen molar-refractivity contribution in [1.82, 2.24) is 5.32 Å². The second-order valence-electron chi connectivity index (χ2n) is 6.82. The van der Waals surface area contributed by atoms with Gasteiger partial charge in [0.15, 0.2) is 19.1 Å². The topological polar surface area (TPSA) is 105 Å². The lowest BCUT2D eigenvalue weighted by molar-refractivity contribution is -0.122. The molecule has 0 aliphatic rings. The van der Waals surface area contributed by atoms with Gasteiger partial charge in [0, 0.05) is 6.42 Å². The molecule has 7 heteroatoms. The number of amides is 2. The van der Waals surface area contributed by atoms with Gasteiger partial charge in [-0.2, -0.15) is 5.26 Å². The normalized spacial score (nSPS) is 13.5. The molecule has 0 fully saturated rings. The fraction of sp³-hybridized carbons (Fsp3) is 0.500. The quantitative estimate of drug-likeness (QED) is 0.625. The molecular formula is C18H27N3O3Si. The molecule has 0 aromatic heterocycles. The van der Waals surface area contributed by atoms with Crippen molar-refractivity contribution in [3.8, 4) is 6.07 Å². The molecule has 0 bridgehead atoms. The third-order valence-corrected chi connectivity index (χ3v) is 7.13. The first-order valence-electron chi connectivity index (χ1n) is 8.38. The van der Waals surface area contributed by atoms with Crippen molar-refractivity contribution in [2.75, 3.05) is 6.61 Å². The van der Waals surface area contributed by atoms with Crippen LogP contribution in [0.15, 0.2) is 30.3 Å². The maximum atomic E-state index is 12.2. The third kappa shape index (κ3) is 6.68. The van der Waals surface area contributed by atoms with E-state index in [-0.39, 0.29) is 24.5 Å². The molecule has 1 unspecified atom stereocenters. The standard InChI is InChI=1S/C18H27N3O3Si/c1-4-18(13-19,14-24-12-15-8-6-5-7-9-15)21-16(22)10-11-25(2,3)17(20)23/h5-9H,4,10-12,14H2,1-3H3,(H2,20,23)(H,21,22). The predicted molar refractivity (Wildman–Crippen MR) is 99.4 cm³/mol. The average molecular weight is 362 g/mol. The zero-order valence-corrected chi connectivity index (χ0v) is 16.2. The minimum absolute atomic E-state index is 0.108. The van der Waals surface area contributed by atoms with Gasteiger partial charge in [0.2, 0.25) is 5.91 Å². The molecule has 25 heavy (non-hydrogen) atoms. The minimum Gasteiger partial charge on any atom is -0.374 e. The SMILES string of the molecule is CCC(C#N)(COCc1ccccc1)NC(=O)CC[Si](C)(C)C(N)=O. The third-order valence-electron chi connectivity index (χ3n) is 4.30. The molecule has 3 N–H and O–H groups in total. The van der Waals surface area contributed by atoms with E-state index < -0.39 is 13.6 Å². The number of nitrogens with one attached hydrogen (secondary N) is 1. The summed E-state index contributed by atoms with van der Waals surface area (Å²) in [6.45, 7) is 5.99. The van der Waals surface area contributed by atoms with Crippen molar-refractivity contribution in [1.29, 1.82) is 5.26 Å². The van der Waals surface area contributed by atoms with Gasteiger partial charge in [-0.1, -0.05) is 50.3 Å². The number of benzene rings is 1. The first kappa shape index (κ1) is 20.9. The summed E-state index contributed by atoms with van der Waals surface area (Å²) in [6.07, 6.45) is 0.616. The minimum atomic E-state index is -2.24. The Balaban J connectivity index is 2.58. The van der Waals surface area contributed by atoms with Gasteiger partial charge in [0.25, 0.3) is 0 Å². The highest BCUT2D eigenvalue weighted by molar-refractivity contribution is 7.04. The molecule has 0 radical (unpaired) electrons. The summed E-state index contributed by atoms with van der Waals surface area (Å²) in [5.41, 5.74) is 5.00. The number of ether oxygens (including phenoxy) is 1. The van der Waals surface area contributed by atoms with Gasteiger partial charge in [-0.15, -0.1) is 0 Å². The number of primary amides is 1. The van der Waals surface area contributed by atoms with Crippen LogP contribution in [0.2, 0.25) is 19.1 Å². The Morgan fingerprint density at radius 1 is 1.32 bits per heavy atom. The van der Waals surface area contributed by atoms with E-state index >= 15 is 0 Å². The van der Waals surface area contributed by atoms with Crippen LogP contribution < -0.4 is 11.1 Å². The van der Waals surface area contributed by atoms with Gasteiger partial charge in [-0.25, -0.2) is 0 Å². The van der Waals surface area contributed by atoms with Crippen LogP contribution in [-0.4, -0.2) is 31.7 Å². The van der Waals surface area contributed by atoms with Crippen LogP contribution in [0.4, 0.5) is 4.79 Å². The van der Waals surface area contributed by atoms with E-state index in [0.29, 0.717) is 19.1 Å². The summed E-state index contributed by atoms with van der Waals surface area (Å²) in [4.78, 5) is 23.6. The van der Waals surface area contributed by atoms with Crippen molar-refractivity contribution in [3.05, 3.63) is 35.9 Å². The van der Waals surface area contributed by atoms with Gasteiger partial charge in [0.1, 0.15) is 0 Å². The first-order chi connectivity index (χ1) is 11.7. The Bertz CT molecular complexity index is 628. The second-order valence-corrected chi connectivity index (χ2v) is 11.6. The summed E-state index contributed by atoms with van der Waals surface area (Å²) in [5.74, 6) is -0.256.